The molecule has 24 heavy (non-hydrogen) atoms. The molecule has 0 saturated carbocycles. The number of aromatic carboxylic acids is 1. The Kier molecular flexibility index (Phi) is 6.13. The molecule has 0 heterocycles. The zero-order valence-electron chi connectivity index (χ0n) is 14.1. The molecule has 4 heteroatoms. The molecular formula is C20H23NO3. The number of hydrogen-bond acceptors (Lipinski definition) is 2. The van der Waals surface area contributed by atoms with Gasteiger partial charge in [-0.15, -0.1) is 0 Å². The summed E-state index contributed by atoms with van der Waals surface area (Å²) in [6.45, 7) is 2.54. The van der Waals surface area contributed by atoms with Crippen molar-refractivity contribution in [3.63, 3.8) is 0 Å². The first-order chi connectivity index (χ1) is 11.5. The molecule has 0 aliphatic rings. The molecule has 2 rings (SSSR count). The first kappa shape index (κ1) is 17.7. The van der Waals surface area contributed by atoms with Crippen LogP contribution in [0.25, 0.3) is 0 Å². The van der Waals surface area contributed by atoms with Gasteiger partial charge in [0, 0.05) is 13.6 Å². The van der Waals surface area contributed by atoms with E-state index in [9.17, 15) is 9.59 Å². The van der Waals surface area contributed by atoms with Crippen molar-refractivity contribution in [3.05, 3.63) is 71.3 Å². The smallest absolute Gasteiger partial charge is 0.335 e. The predicted molar refractivity (Wildman–Crippen MR) is 94.0 cm³/mol. The molecule has 2 aromatic rings. The molecule has 0 saturated heterocycles. The van der Waals surface area contributed by atoms with Crippen LogP contribution < -0.4 is 0 Å². The molecule has 0 spiro atoms. The molecule has 1 atom stereocenters. The minimum atomic E-state index is -0.946. The number of carbonyl (C=O) groups is 2. The molecule has 0 radical (unpaired) electrons. The number of likely N-dealkylation sites (N-methyl/N-ethyl adjacent to an activating group) is 1. The van der Waals surface area contributed by atoms with Gasteiger partial charge in [0.2, 0.25) is 5.91 Å². The van der Waals surface area contributed by atoms with Gasteiger partial charge in [-0.25, -0.2) is 4.79 Å². The molecule has 0 aliphatic heterocycles. The SMILES string of the molecule is CCCC(C(=O)N(C)Cc1ccc(C(=O)O)cc1)c1ccccc1. The van der Waals surface area contributed by atoms with Crippen LogP contribution in [0, 0.1) is 0 Å². The highest BCUT2D eigenvalue weighted by atomic mass is 16.4. The van der Waals surface area contributed by atoms with Crippen molar-refractivity contribution in [1.29, 1.82) is 0 Å². The van der Waals surface area contributed by atoms with E-state index in [0.29, 0.717) is 6.54 Å². The van der Waals surface area contributed by atoms with Gasteiger partial charge < -0.3 is 10.0 Å². The van der Waals surface area contributed by atoms with Crippen molar-refractivity contribution < 1.29 is 14.7 Å². The summed E-state index contributed by atoms with van der Waals surface area (Å²) in [6, 6.07) is 16.5. The summed E-state index contributed by atoms with van der Waals surface area (Å²) in [4.78, 5) is 25.5. The van der Waals surface area contributed by atoms with Gasteiger partial charge in [-0.3, -0.25) is 4.79 Å². The van der Waals surface area contributed by atoms with Crippen LogP contribution in [0.15, 0.2) is 54.6 Å². The van der Waals surface area contributed by atoms with Gasteiger partial charge in [-0.2, -0.15) is 0 Å². The Morgan fingerprint density at radius 1 is 1.04 bits per heavy atom. The van der Waals surface area contributed by atoms with Crippen LogP contribution in [0.2, 0.25) is 0 Å². The Morgan fingerprint density at radius 3 is 2.21 bits per heavy atom. The van der Waals surface area contributed by atoms with Crippen LogP contribution in [-0.2, 0) is 11.3 Å². The lowest BCUT2D eigenvalue weighted by Crippen LogP contribution is -2.31. The monoisotopic (exact) mass is 325 g/mol. The Morgan fingerprint density at radius 2 is 1.67 bits per heavy atom. The van der Waals surface area contributed by atoms with Gasteiger partial charge >= 0.3 is 5.97 Å². The van der Waals surface area contributed by atoms with Gasteiger partial charge in [0.05, 0.1) is 11.5 Å². The molecule has 1 N–H and O–H groups in total. The number of benzene rings is 2. The van der Waals surface area contributed by atoms with Crippen molar-refractivity contribution in [2.24, 2.45) is 0 Å². The second-order valence-electron chi connectivity index (χ2n) is 5.95. The predicted octanol–water partition coefficient (Wildman–Crippen LogP) is 3.93. The third-order valence-corrected chi connectivity index (χ3v) is 4.07. The average Bonchev–Trinajstić information content (AvgIpc) is 2.60. The number of amides is 1. The zero-order chi connectivity index (χ0) is 17.5. The third kappa shape index (κ3) is 4.44. The lowest BCUT2D eigenvalue weighted by Gasteiger charge is -2.24. The Hall–Kier alpha value is -2.62. The molecule has 0 bridgehead atoms. The second kappa shape index (κ2) is 8.29. The van der Waals surface area contributed by atoms with E-state index in [2.05, 4.69) is 6.92 Å². The molecule has 0 aromatic heterocycles. The van der Waals surface area contributed by atoms with E-state index in [0.717, 1.165) is 24.0 Å². The van der Waals surface area contributed by atoms with Crippen LogP contribution >= 0.6 is 0 Å². The maximum atomic E-state index is 12.8. The van der Waals surface area contributed by atoms with Crippen LogP contribution in [0.1, 0.15) is 47.2 Å². The number of carboxylic acids is 1. The van der Waals surface area contributed by atoms with Crippen LogP contribution in [-0.4, -0.2) is 28.9 Å². The Bertz CT molecular complexity index is 680. The molecule has 126 valence electrons. The standard InChI is InChI=1S/C20H23NO3/c1-3-7-18(16-8-5-4-6-9-16)19(22)21(2)14-15-10-12-17(13-11-15)20(23)24/h4-6,8-13,18H,3,7,14H2,1-2H3,(H,23,24). The summed E-state index contributed by atoms with van der Waals surface area (Å²) in [7, 11) is 1.79. The van der Waals surface area contributed by atoms with E-state index in [1.54, 1.807) is 36.2 Å². The summed E-state index contributed by atoms with van der Waals surface area (Å²) in [5, 5.41) is 8.94. The van der Waals surface area contributed by atoms with E-state index in [4.69, 9.17) is 5.11 Å². The Labute approximate surface area is 142 Å². The summed E-state index contributed by atoms with van der Waals surface area (Å²) < 4.78 is 0. The van der Waals surface area contributed by atoms with Gasteiger partial charge in [0.1, 0.15) is 0 Å². The number of rotatable bonds is 7. The third-order valence-electron chi connectivity index (χ3n) is 4.07. The minimum Gasteiger partial charge on any atom is -0.478 e. The first-order valence-corrected chi connectivity index (χ1v) is 8.15. The summed E-state index contributed by atoms with van der Waals surface area (Å²) in [5.41, 5.74) is 2.21. The van der Waals surface area contributed by atoms with Gasteiger partial charge in [-0.05, 0) is 29.7 Å². The van der Waals surface area contributed by atoms with E-state index >= 15 is 0 Å². The van der Waals surface area contributed by atoms with Gasteiger partial charge in [0.15, 0.2) is 0 Å². The number of hydrogen-bond donors (Lipinski definition) is 1. The minimum absolute atomic E-state index is 0.0883. The van der Waals surface area contributed by atoms with Crippen molar-refractivity contribution in [2.45, 2.75) is 32.2 Å². The molecule has 1 unspecified atom stereocenters. The maximum absolute atomic E-state index is 12.8. The van der Waals surface area contributed by atoms with Crippen LogP contribution in [0.3, 0.4) is 0 Å². The Balaban J connectivity index is 2.10. The summed E-state index contributed by atoms with van der Waals surface area (Å²) in [5.74, 6) is -0.997. The van der Waals surface area contributed by atoms with Crippen molar-refractivity contribution in [2.75, 3.05) is 7.05 Å². The fourth-order valence-corrected chi connectivity index (χ4v) is 2.78. The van der Waals surface area contributed by atoms with E-state index in [1.165, 1.54) is 0 Å². The first-order valence-electron chi connectivity index (χ1n) is 8.15. The molecule has 0 fully saturated rings. The summed E-state index contributed by atoms with van der Waals surface area (Å²) in [6.07, 6.45) is 1.75. The second-order valence-corrected chi connectivity index (χ2v) is 5.95. The van der Waals surface area contributed by atoms with E-state index in [-0.39, 0.29) is 17.4 Å². The van der Waals surface area contributed by atoms with Crippen LogP contribution in [0.5, 0.6) is 0 Å². The maximum Gasteiger partial charge on any atom is 0.335 e. The average molecular weight is 325 g/mol. The highest BCUT2D eigenvalue weighted by Crippen LogP contribution is 2.24. The van der Waals surface area contributed by atoms with Crippen molar-refractivity contribution in [1.82, 2.24) is 4.90 Å². The number of carbonyl (C=O) groups excluding carboxylic acids is 1. The topological polar surface area (TPSA) is 57.6 Å². The van der Waals surface area contributed by atoms with Crippen molar-refractivity contribution >= 4 is 11.9 Å². The zero-order valence-corrected chi connectivity index (χ0v) is 14.1. The molecule has 1 amide bonds. The van der Waals surface area contributed by atoms with Gasteiger partial charge in [0.25, 0.3) is 0 Å². The fourth-order valence-electron chi connectivity index (χ4n) is 2.78. The highest BCUT2D eigenvalue weighted by molar-refractivity contribution is 5.87. The molecule has 2 aromatic carbocycles. The molecule has 0 aliphatic carbocycles. The lowest BCUT2D eigenvalue weighted by atomic mass is 9.93. The molecule has 4 nitrogen and oxygen atoms in total. The largest absolute Gasteiger partial charge is 0.478 e. The lowest BCUT2D eigenvalue weighted by molar-refractivity contribution is -0.132. The number of carboxylic acid groups (broad SMARTS) is 1. The molecular weight excluding hydrogens is 302 g/mol. The van der Waals surface area contributed by atoms with Crippen molar-refractivity contribution in [3.8, 4) is 0 Å². The summed E-state index contributed by atoms with van der Waals surface area (Å²) >= 11 is 0. The fraction of sp³-hybridized carbons (Fsp3) is 0.300. The highest BCUT2D eigenvalue weighted by Gasteiger charge is 2.23. The van der Waals surface area contributed by atoms with Crippen LogP contribution in [0.4, 0.5) is 0 Å². The van der Waals surface area contributed by atoms with Gasteiger partial charge in [-0.1, -0.05) is 55.8 Å². The van der Waals surface area contributed by atoms with E-state index < -0.39 is 5.97 Å². The number of nitrogens with zero attached hydrogens (tertiary/aromatic N) is 1. The quantitative estimate of drug-likeness (QED) is 0.839. The normalized spacial score (nSPS) is 11.8. The van der Waals surface area contributed by atoms with E-state index in [1.807, 2.05) is 30.3 Å².